The molecular formula is C16H22N6O2. The molecule has 0 radical (unpaired) electrons. The lowest BCUT2D eigenvalue weighted by Gasteiger charge is -2.26. The summed E-state index contributed by atoms with van der Waals surface area (Å²) in [6, 6.07) is 0. The highest BCUT2D eigenvalue weighted by Gasteiger charge is 2.31. The van der Waals surface area contributed by atoms with Gasteiger partial charge < -0.3 is 10.1 Å². The molecule has 2 aromatic rings. The number of fused-ring (bicyclic) bond motifs is 1. The van der Waals surface area contributed by atoms with Gasteiger partial charge in [0.2, 0.25) is 0 Å². The number of nitrogens with one attached hydrogen (secondary N) is 2. The molecule has 24 heavy (non-hydrogen) atoms. The van der Waals surface area contributed by atoms with Crippen LogP contribution in [0.15, 0.2) is 0 Å². The van der Waals surface area contributed by atoms with Crippen LogP contribution in [0, 0.1) is 0 Å². The standard InChI is InChI=1S/C16H22N6O2/c1-8-6-11-13(21-22(3)14(11)9(2)24-8)16(23)17-7-12-18-15(20-19-12)10-4-5-10/h8-10H,4-7H2,1-3H3,(H,17,23)(H,18,19,20)/t8-,9+/m1/s1. The molecule has 0 unspecified atom stereocenters. The molecule has 8 heteroatoms. The van der Waals surface area contributed by atoms with Crippen LogP contribution in [0.1, 0.15) is 72.1 Å². The lowest BCUT2D eigenvalue weighted by Crippen LogP contribution is -2.27. The van der Waals surface area contributed by atoms with Crippen LogP contribution in [0.3, 0.4) is 0 Å². The number of hydrogen-bond acceptors (Lipinski definition) is 5. The van der Waals surface area contributed by atoms with Gasteiger partial charge in [-0.3, -0.25) is 14.6 Å². The van der Waals surface area contributed by atoms with Gasteiger partial charge in [0.25, 0.3) is 5.91 Å². The van der Waals surface area contributed by atoms with E-state index in [2.05, 4.69) is 25.6 Å². The number of carbonyl (C=O) groups is 1. The molecule has 3 heterocycles. The van der Waals surface area contributed by atoms with Crippen molar-refractivity contribution >= 4 is 5.91 Å². The van der Waals surface area contributed by atoms with E-state index in [1.54, 1.807) is 4.68 Å². The minimum Gasteiger partial charge on any atom is -0.369 e. The Kier molecular flexibility index (Phi) is 3.64. The molecule has 1 aliphatic heterocycles. The van der Waals surface area contributed by atoms with Gasteiger partial charge in [0, 0.05) is 24.9 Å². The van der Waals surface area contributed by atoms with Gasteiger partial charge in [0.1, 0.15) is 5.82 Å². The van der Waals surface area contributed by atoms with E-state index < -0.39 is 0 Å². The first-order valence-corrected chi connectivity index (χ1v) is 8.43. The second-order valence-corrected chi connectivity index (χ2v) is 6.73. The molecule has 0 saturated heterocycles. The first-order valence-electron chi connectivity index (χ1n) is 8.43. The van der Waals surface area contributed by atoms with Crippen molar-refractivity contribution in [2.75, 3.05) is 0 Å². The first-order chi connectivity index (χ1) is 11.5. The van der Waals surface area contributed by atoms with Crippen LogP contribution in [-0.2, 0) is 24.8 Å². The zero-order valence-corrected chi connectivity index (χ0v) is 14.2. The maximum absolute atomic E-state index is 12.6. The van der Waals surface area contributed by atoms with Crippen LogP contribution in [-0.4, -0.2) is 37.0 Å². The van der Waals surface area contributed by atoms with E-state index in [-0.39, 0.29) is 18.1 Å². The average molecular weight is 330 g/mol. The smallest absolute Gasteiger partial charge is 0.272 e. The summed E-state index contributed by atoms with van der Waals surface area (Å²) in [5.74, 6) is 1.85. The number of H-pyrrole nitrogens is 1. The van der Waals surface area contributed by atoms with Crippen molar-refractivity contribution in [1.29, 1.82) is 0 Å². The van der Waals surface area contributed by atoms with Crippen LogP contribution in [0.4, 0.5) is 0 Å². The molecule has 0 bridgehead atoms. The molecule has 8 nitrogen and oxygen atoms in total. The SMILES string of the molecule is C[C@@H]1Cc2c(C(=O)NCc3nc(C4CC4)n[nH]3)nn(C)c2[C@H](C)O1. The third-order valence-corrected chi connectivity index (χ3v) is 4.63. The maximum Gasteiger partial charge on any atom is 0.272 e. The second-order valence-electron chi connectivity index (χ2n) is 6.73. The molecule has 2 N–H and O–H groups in total. The monoisotopic (exact) mass is 330 g/mol. The average Bonchev–Trinajstić information content (AvgIpc) is 3.18. The van der Waals surface area contributed by atoms with Crippen LogP contribution in [0.25, 0.3) is 0 Å². The number of aromatic nitrogens is 5. The molecule has 128 valence electrons. The quantitative estimate of drug-likeness (QED) is 0.882. The Morgan fingerprint density at radius 3 is 2.96 bits per heavy atom. The summed E-state index contributed by atoms with van der Waals surface area (Å²) in [4.78, 5) is 17.0. The summed E-state index contributed by atoms with van der Waals surface area (Å²) in [6.07, 6.45) is 3.03. The highest BCUT2D eigenvalue weighted by Crippen LogP contribution is 2.37. The van der Waals surface area contributed by atoms with E-state index in [1.165, 1.54) is 0 Å². The molecule has 1 fully saturated rings. The predicted octanol–water partition coefficient (Wildman–Crippen LogP) is 1.37. The molecule has 0 spiro atoms. The largest absolute Gasteiger partial charge is 0.369 e. The number of hydrogen-bond donors (Lipinski definition) is 2. The van der Waals surface area contributed by atoms with E-state index in [4.69, 9.17) is 4.74 Å². The summed E-state index contributed by atoms with van der Waals surface area (Å²) in [5.41, 5.74) is 2.45. The Labute approximate surface area is 140 Å². The first kappa shape index (κ1) is 15.3. The van der Waals surface area contributed by atoms with Gasteiger partial charge in [-0.05, 0) is 26.7 Å². The summed E-state index contributed by atoms with van der Waals surface area (Å²) in [5, 5.41) is 14.4. The molecule has 0 aromatic carbocycles. The highest BCUT2D eigenvalue weighted by atomic mass is 16.5. The van der Waals surface area contributed by atoms with E-state index >= 15 is 0 Å². The second kappa shape index (κ2) is 5.70. The third-order valence-electron chi connectivity index (χ3n) is 4.63. The molecule has 4 rings (SSSR count). The molecule has 1 aliphatic carbocycles. The van der Waals surface area contributed by atoms with Gasteiger partial charge >= 0.3 is 0 Å². The maximum atomic E-state index is 12.6. The molecule has 1 saturated carbocycles. The zero-order chi connectivity index (χ0) is 16.8. The number of rotatable bonds is 4. The van der Waals surface area contributed by atoms with E-state index in [0.29, 0.717) is 30.4 Å². The molecular weight excluding hydrogens is 308 g/mol. The summed E-state index contributed by atoms with van der Waals surface area (Å²) in [7, 11) is 1.85. The van der Waals surface area contributed by atoms with Crippen molar-refractivity contribution < 1.29 is 9.53 Å². The molecule has 2 aromatic heterocycles. The Morgan fingerprint density at radius 2 is 2.21 bits per heavy atom. The van der Waals surface area contributed by atoms with E-state index in [1.807, 2.05) is 20.9 Å². The van der Waals surface area contributed by atoms with E-state index in [0.717, 1.165) is 29.9 Å². The van der Waals surface area contributed by atoms with Gasteiger partial charge in [0.05, 0.1) is 24.4 Å². The van der Waals surface area contributed by atoms with Gasteiger partial charge in [-0.1, -0.05) is 0 Å². The highest BCUT2D eigenvalue weighted by molar-refractivity contribution is 5.94. The van der Waals surface area contributed by atoms with Gasteiger partial charge in [-0.15, -0.1) is 0 Å². The summed E-state index contributed by atoms with van der Waals surface area (Å²) >= 11 is 0. The Bertz CT molecular complexity index is 776. The van der Waals surface area contributed by atoms with Crippen LogP contribution >= 0.6 is 0 Å². The normalized spacial score (nSPS) is 23.1. The minimum atomic E-state index is -0.183. The lowest BCUT2D eigenvalue weighted by atomic mass is 9.99. The van der Waals surface area contributed by atoms with Crippen molar-refractivity contribution in [2.24, 2.45) is 7.05 Å². The van der Waals surface area contributed by atoms with Crippen LogP contribution in [0.5, 0.6) is 0 Å². The van der Waals surface area contributed by atoms with Crippen molar-refractivity contribution in [3.63, 3.8) is 0 Å². The molecule has 2 atom stereocenters. The van der Waals surface area contributed by atoms with Crippen molar-refractivity contribution in [2.45, 2.75) is 57.8 Å². The fourth-order valence-electron chi connectivity index (χ4n) is 3.38. The minimum absolute atomic E-state index is 0.0572. The number of amides is 1. The van der Waals surface area contributed by atoms with Gasteiger partial charge in [0.15, 0.2) is 11.5 Å². The predicted molar refractivity (Wildman–Crippen MR) is 85.4 cm³/mol. The lowest BCUT2D eigenvalue weighted by molar-refractivity contribution is -0.00903. The molecule has 1 amide bonds. The Hall–Kier alpha value is -2.22. The van der Waals surface area contributed by atoms with Crippen LogP contribution in [0.2, 0.25) is 0 Å². The third kappa shape index (κ3) is 2.71. The van der Waals surface area contributed by atoms with Crippen molar-refractivity contribution in [3.8, 4) is 0 Å². The summed E-state index contributed by atoms with van der Waals surface area (Å²) in [6.45, 7) is 4.33. The van der Waals surface area contributed by atoms with Crippen molar-refractivity contribution in [3.05, 3.63) is 28.6 Å². The van der Waals surface area contributed by atoms with Crippen molar-refractivity contribution in [1.82, 2.24) is 30.3 Å². The summed E-state index contributed by atoms with van der Waals surface area (Å²) < 4.78 is 7.58. The fraction of sp³-hybridized carbons (Fsp3) is 0.625. The van der Waals surface area contributed by atoms with Gasteiger partial charge in [-0.25, -0.2) is 4.98 Å². The fourth-order valence-corrected chi connectivity index (χ4v) is 3.38. The van der Waals surface area contributed by atoms with Gasteiger partial charge in [-0.2, -0.15) is 10.2 Å². The Balaban J connectivity index is 1.49. The number of aromatic amines is 1. The molecule has 2 aliphatic rings. The number of ether oxygens (including phenoxy) is 1. The topological polar surface area (TPSA) is 97.7 Å². The van der Waals surface area contributed by atoms with E-state index in [9.17, 15) is 4.79 Å². The number of aryl methyl sites for hydroxylation is 1. The van der Waals surface area contributed by atoms with Crippen LogP contribution < -0.4 is 5.32 Å². The zero-order valence-electron chi connectivity index (χ0n) is 14.2. The number of nitrogens with zero attached hydrogens (tertiary/aromatic N) is 4. The Morgan fingerprint density at radius 1 is 1.42 bits per heavy atom. The number of carbonyl (C=O) groups excluding carboxylic acids is 1.